The van der Waals surface area contributed by atoms with E-state index in [1.807, 2.05) is 0 Å². The van der Waals surface area contributed by atoms with Gasteiger partial charge in [0, 0.05) is 10.6 Å². The number of halogens is 2. The molecule has 0 aliphatic carbocycles. The zero-order valence-corrected chi connectivity index (χ0v) is 7.93. The molecule has 0 N–H and O–H groups in total. The number of benzene rings is 1. The second-order valence-corrected chi connectivity index (χ2v) is 2.87. The van der Waals surface area contributed by atoms with E-state index in [0.29, 0.717) is 10.2 Å². The van der Waals surface area contributed by atoms with Crippen molar-refractivity contribution < 1.29 is 4.84 Å². The SMILES string of the molecule is CO/N=C(/Cl)c1ccc(Cl)cc1. The standard InChI is InChI=1S/C8H7Cl2NO/c1-12-11-8(10)6-2-4-7(9)5-3-6/h2-5H,1H3/b11-8+. The summed E-state index contributed by atoms with van der Waals surface area (Å²) in [5.41, 5.74) is 0.780. The lowest BCUT2D eigenvalue weighted by Gasteiger charge is -1.96. The Hall–Kier alpha value is -0.730. The summed E-state index contributed by atoms with van der Waals surface area (Å²) in [6, 6.07) is 7.02. The number of oxime groups is 1. The molecule has 0 spiro atoms. The molecule has 1 aromatic rings. The second kappa shape index (κ2) is 4.33. The maximum atomic E-state index is 5.74. The van der Waals surface area contributed by atoms with Crippen LogP contribution in [-0.4, -0.2) is 12.3 Å². The topological polar surface area (TPSA) is 21.6 Å². The van der Waals surface area contributed by atoms with Gasteiger partial charge < -0.3 is 4.84 Å². The fourth-order valence-corrected chi connectivity index (χ4v) is 1.04. The Bertz CT molecular complexity index is 282. The van der Waals surface area contributed by atoms with E-state index in [0.717, 1.165) is 5.56 Å². The Morgan fingerprint density at radius 1 is 1.33 bits per heavy atom. The highest BCUT2D eigenvalue weighted by molar-refractivity contribution is 6.69. The summed E-state index contributed by atoms with van der Waals surface area (Å²) in [7, 11) is 1.44. The van der Waals surface area contributed by atoms with Crippen LogP contribution in [0.15, 0.2) is 29.4 Å². The van der Waals surface area contributed by atoms with Crippen molar-refractivity contribution in [1.82, 2.24) is 0 Å². The molecule has 0 saturated carbocycles. The summed E-state index contributed by atoms with van der Waals surface area (Å²) in [6.45, 7) is 0. The van der Waals surface area contributed by atoms with Gasteiger partial charge in [0.2, 0.25) is 0 Å². The van der Waals surface area contributed by atoms with Crippen LogP contribution < -0.4 is 0 Å². The van der Waals surface area contributed by atoms with Gasteiger partial charge >= 0.3 is 0 Å². The van der Waals surface area contributed by atoms with Gasteiger partial charge in [-0.15, -0.1) is 0 Å². The van der Waals surface area contributed by atoms with Gasteiger partial charge in [0.05, 0.1) is 0 Å². The van der Waals surface area contributed by atoms with Crippen molar-refractivity contribution in [2.45, 2.75) is 0 Å². The van der Waals surface area contributed by atoms with Crippen molar-refractivity contribution in [2.24, 2.45) is 5.16 Å². The van der Waals surface area contributed by atoms with Crippen LogP contribution in [0, 0.1) is 0 Å². The molecule has 0 radical (unpaired) electrons. The van der Waals surface area contributed by atoms with Gasteiger partial charge in [0.1, 0.15) is 7.11 Å². The molecule has 12 heavy (non-hydrogen) atoms. The van der Waals surface area contributed by atoms with E-state index in [1.165, 1.54) is 7.11 Å². The van der Waals surface area contributed by atoms with Crippen LogP contribution in [-0.2, 0) is 4.84 Å². The highest BCUT2D eigenvalue weighted by Crippen LogP contribution is 2.11. The summed E-state index contributed by atoms with van der Waals surface area (Å²) >= 11 is 11.4. The lowest BCUT2D eigenvalue weighted by atomic mass is 10.2. The normalized spacial score (nSPS) is 11.4. The highest BCUT2D eigenvalue weighted by atomic mass is 35.5. The van der Waals surface area contributed by atoms with E-state index in [2.05, 4.69) is 9.99 Å². The van der Waals surface area contributed by atoms with Crippen LogP contribution in [0.25, 0.3) is 0 Å². The summed E-state index contributed by atoms with van der Waals surface area (Å²) < 4.78 is 0. The first-order valence-electron chi connectivity index (χ1n) is 3.26. The Morgan fingerprint density at radius 3 is 2.42 bits per heavy atom. The minimum Gasteiger partial charge on any atom is -0.398 e. The molecule has 0 bridgehead atoms. The zero-order valence-electron chi connectivity index (χ0n) is 6.42. The third-order valence-electron chi connectivity index (χ3n) is 1.25. The third-order valence-corrected chi connectivity index (χ3v) is 1.79. The minimum atomic E-state index is 0.314. The van der Waals surface area contributed by atoms with Crippen LogP contribution in [0.5, 0.6) is 0 Å². The van der Waals surface area contributed by atoms with Crippen molar-refractivity contribution >= 4 is 28.4 Å². The van der Waals surface area contributed by atoms with Gasteiger partial charge in [0.15, 0.2) is 5.17 Å². The monoisotopic (exact) mass is 203 g/mol. The van der Waals surface area contributed by atoms with Crippen LogP contribution in [0.4, 0.5) is 0 Å². The molecule has 0 amide bonds. The zero-order chi connectivity index (χ0) is 8.97. The largest absolute Gasteiger partial charge is 0.398 e. The lowest BCUT2D eigenvalue weighted by molar-refractivity contribution is 0.214. The van der Waals surface area contributed by atoms with Crippen LogP contribution in [0.2, 0.25) is 5.02 Å². The molecular weight excluding hydrogens is 197 g/mol. The first-order chi connectivity index (χ1) is 5.74. The Morgan fingerprint density at radius 2 is 1.92 bits per heavy atom. The predicted octanol–water partition coefficient (Wildman–Crippen LogP) is 2.89. The molecule has 0 aromatic heterocycles. The molecule has 64 valence electrons. The fraction of sp³-hybridized carbons (Fsp3) is 0.125. The van der Waals surface area contributed by atoms with Gasteiger partial charge in [0.25, 0.3) is 0 Å². The Labute approximate surface area is 80.7 Å². The number of hydrogen-bond donors (Lipinski definition) is 0. The molecule has 1 aromatic carbocycles. The van der Waals surface area contributed by atoms with E-state index < -0.39 is 0 Å². The Kier molecular flexibility index (Phi) is 3.38. The van der Waals surface area contributed by atoms with Crippen LogP contribution in [0.3, 0.4) is 0 Å². The highest BCUT2D eigenvalue weighted by Gasteiger charge is 1.98. The third kappa shape index (κ3) is 2.40. The predicted molar refractivity (Wildman–Crippen MR) is 50.9 cm³/mol. The molecule has 0 aliphatic rings. The number of nitrogens with zero attached hydrogens (tertiary/aromatic N) is 1. The molecule has 0 atom stereocenters. The average Bonchev–Trinajstić information content (AvgIpc) is 2.06. The number of hydrogen-bond acceptors (Lipinski definition) is 2. The van der Waals surface area contributed by atoms with Crippen molar-refractivity contribution in [2.75, 3.05) is 7.11 Å². The molecule has 0 saturated heterocycles. The van der Waals surface area contributed by atoms with Gasteiger partial charge in [-0.3, -0.25) is 0 Å². The fourth-order valence-electron chi connectivity index (χ4n) is 0.720. The maximum Gasteiger partial charge on any atom is 0.175 e. The van der Waals surface area contributed by atoms with Crippen LogP contribution in [0.1, 0.15) is 5.56 Å². The van der Waals surface area contributed by atoms with Crippen molar-refractivity contribution in [3.8, 4) is 0 Å². The van der Waals surface area contributed by atoms with E-state index in [9.17, 15) is 0 Å². The smallest absolute Gasteiger partial charge is 0.175 e. The van der Waals surface area contributed by atoms with Gasteiger partial charge in [-0.05, 0) is 12.1 Å². The molecule has 4 heteroatoms. The van der Waals surface area contributed by atoms with Crippen molar-refractivity contribution in [3.63, 3.8) is 0 Å². The van der Waals surface area contributed by atoms with Gasteiger partial charge in [-0.25, -0.2) is 0 Å². The summed E-state index contributed by atoms with van der Waals surface area (Å²) in [4.78, 5) is 4.51. The molecular formula is C8H7Cl2NO. The Balaban J connectivity index is 2.89. The van der Waals surface area contributed by atoms with Crippen molar-refractivity contribution in [3.05, 3.63) is 34.9 Å². The molecule has 0 aliphatic heterocycles. The van der Waals surface area contributed by atoms with E-state index in [-0.39, 0.29) is 0 Å². The average molecular weight is 204 g/mol. The first kappa shape index (κ1) is 9.36. The molecule has 2 nitrogen and oxygen atoms in total. The van der Waals surface area contributed by atoms with E-state index in [1.54, 1.807) is 24.3 Å². The van der Waals surface area contributed by atoms with Crippen LogP contribution >= 0.6 is 23.2 Å². The quantitative estimate of drug-likeness (QED) is 0.536. The number of rotatable bonds is 2. The lowest BCUT2D eigenvalue weighted by Crippen LogP contribution is -1.90. The maximum absolute atomic E-state index is 5.74. The van der Waals surface area contributed by atoms with Crippen molar-refractivity contribution in [1.29, 1.82) is 0 Å². The summed E-state index contributed by atoms with van der Waals surface area (Å²) in [6.07, 6.45) is 0. The molecule has 0 unspecified atom stereocenters. The minimum absolute atomic E-state index is 0.314. The van der Waals surface area contributed by atoms with E-state index in [4.69, 9.17) is 23.2 Å². The summed E-state index contributed by atoms with van der Waals surface area (Å²) in [5.74, 6) is 0. The van der Waals surface area contributed by atoms with Gasteiger partial charge in [-0.1, -0.05) is 40.5 Å². The molecule has 1 rings (SSSR count). The van der Waals surface area contributed by atoms with Gasteiger partial charge in [-0.2, -0.15) is 0 Å². The molecule has 0 fully saturated rings. The summed E-state index contributed by atoms with van der Waals surface area (Å²) in [5, 5.41) is 4.54. The molecule has 0 heterocycles. The first-order valence-corrected chi connectivity index (χ1v) is 4.02. The van der Waals surface area contributed by atoms with E-state index >= 15 is 0 Å². The second-order valence-electron chi connectivity index (χ2n) is 2.07.